The zero-order valence-corrected chi connectivity index (χ0v) is 19.4. The Labute approximate surface area is 192 Å². The zero-order valence-electron chi connectivity index (χ0n) is 17.7. The van der Waals surface area contributed by atoms with E-state index in [1.54, 1.807) is 30.3 Å². The third kappa shape index (κ3) is 3.83. The van der Waals surface area contributed by atoms with Crippen LogP contribution in [0.2, 0.25) is 0 Å². The van der Waals surface area contributed by atoms with E-state index < -0.39 is 50.2 Å². The second-order valence-electron chi connectivity index (χ2n) is 7.23. The maximum absolute atomic E-state index is 13.6. The van der Waals surface area contributed by atoms with E-state index in [-0.39, 0.29) is 22.0 Å². The second-order valence-corrected chi connectivity index (χ2v) is 10.7. The van der Waals surface area contributed by atoms with Crippen LogP contribution in [0.1, 0.15) is 17.3 Å². The average molecular weight is 494 g/mol. The number of allylic oxidation sites excluding steroid dienone is 1. The lowest BCUT2D eigenvalue weighted by atomic mass is 9.98. The summed E-state index contributed by atoms with van der Waals surface area (Å²) in [7, 11) is -1.41. The second kappa shape index (κ2) is 8.68. The first-order valence-corrected chi connectivity index (χ1v) is 12.1. The van der Waals surface area contributed by atoms with Crippen LogP contribution in [-0.4, -0.2) is 81.0 Å². The molecule has 0 saturated carbocycles. The minimum absolute atomic E-state index is 0.0498. The lowest BCUT2D eigenvalue weighted by Crippen LogP contribution is -2.71. The standard InChI is InChI=1S/C19H19N5O7S2/c1-10(25)31-9-12-13(14(26)11-7-5-4-6-8-11)24-16(27)15(30-3)17(24)33(28,29)18(12)32-19-20-21-22-23(19)2/h4-8,15,17-18H,9H2,1-3H3/t15-,17-,18?/m0/s1. The predicted molar refractivity (Wildman–Crippen MR) is 113 cm³/mol. The van der Waals surface area contributed by atoms with E-state index in [0.29, 0.717) is 0 Å². The molecule has 1 amide bonds. The van der Waals surface area contributed by atoms with Gasteiger partial charge in [0.15, 0.2) is 21.3 Å². The average Bonchev–Trinajstić information content (AvgIpc) is 3.19. The Morgan fingerprint density at radius 2 is 1.91 bits per heavy atom. The molecular formula is C19H19N5O7S2. The summed E-state index contributed by atoms with van der Waals surface area (Å²) in [5, 5.41) is 9.78. The Hall–Kier alpha value is -3.10. The number of hydrogen-bond acceptors (Lipinski definition) is 11. The number of methoxy groups -OCH3 is 1. The number of benzene rings is 1. The number of ketones is 1. The van der Waals surface area contributed by atoms with Crippen molar-refractivity contribution in [1.29, 1.82) is 0 Å². The number of carbonyl (C=O) groups is 3. The molecule has 2 aliphatic rings. The van der Waals surface area contributed by atoms with Crippen molar-refractivity contribution in [3.05, 3.63) is 47.2 Å². The van der Waals surface area contributed by atoms with Gasteiger partial charge in [0, 0.05) is 32.2 Å². The summed E-state index contributed by atoms with van der Waals surface area (Å²) in [5.74, 6) is -1.93. The monoisotopic (exact) mass is 493 g/mol. The van der Waals surface area contributed by atoms with Gasteiger partial charge in [-0.2, -0.15) is 0 Å². The van der Waals surface area contributed by atoms with Crippen molar-refractivity contribution in [2.45, 2.75) is 28.1 Å². The van der Waals surface area contributed by atoms with E-state index in [2.05, 4.69) is 15.5 Å². The van der Waals surface area contributed by atoms with Gasteiger partial charge >= 0.3 is 5.97 Å². The fraction of sp³-hybridized carbons (Fsp3) is 0.368. The van der Waals surface area contributed by atoms with Gasteiger partial charge in [-0.3, -0.25) is 19.3 Å². The van der Waals surface area contributed by atoms with Gasteiger partial charge in [0.1, 0.15) is 11.2 Å². The number of ether oxygens (including phenoxy) is 2. The molecule has 3 heterocycles. The Balaban J connectivity index is 1.93. The van der Waals surface area contributed by atoms with Crippen LogP contribution in [0.4, 0.5) is 0 Å². The van der Waals surface area contributed by atoms with E-state index in [0.717, 1.165) is 23.6 Å². The number of β-lactam (4-membered cyclic amide) rings is 1. The van der Waals surface area contributed by atoms with Crippen LogP contribution < -0.4 is 0 Å². The minimum atomic E-state index is -4.16. The van der Waals surface area contributed by atoms with Crippen molar-refractivity contribution in [2.75, 3.05) is 13.7 Å². The van der Waals surface area contributed by atoms with E-state index in [4.69, 9.17) is 9.47 Å². The minimum Gasteiger partial charge on any atom is -0.461 e. The maximum Gasteiger partial charge on any atom is 0.302 e. The number of hydrogen-bond donors (Lipinski definition) is 0. The first-order chi connectivity index (χ1) is 15.7. The highest BCUT2D eigenvalue weighted by Gasteiger charge is 2.63. The lowest BCUT2D eigenvalue weighted by Gasteiger charge is -2.50. The van der Waals surface area contributed by atoms with Gasteiger partial charge in [-0.15, -0.1) is 5.10 Å². The molecule has 1 unspecified atom stereocenters. The van der Waals surface area contributed by atoms with Crippen LogP contribution in [0, 0.1) is 0 Å². The Bertz CT molecular complexity index is 1260. The summed E-state index contributed by atoms with van der Waals surface area (Å²) in [6, 6.07) is 8.09. The van der Waals surface area contributed by atoms with Gasteiger partial charge in [-0.1, -0.05) is 42.1 Å². The molecule has 0 radical (unpaired) electrons. The molecule has 2 aromatic rings. The molecule has 4 rings (SSSR count). The normalized spacial score (nSPS) is 23.7. The van der Waals surface area contributed by atoms with Gasteiger partial charge in [-0.05, 0) is 10.4 Å². The Morgan fingerprint density at radius 1 is 1.21 bits per heavy atom. The number of aromatic nitrogens is 4. The summed E-state index contributed by atoms with van der Waals surface area (Å²) in [4.78, 5) is 38.8. The summed E-state index contributed by atoms with van der Waals surface area (Å²) in [5.41, 5.74) is 0.0306. The Kier molecular flexibility index (Phi) is 6.07. The zero-order chi connectivity index (χ0) is 23.9. The van der Waals surface area contributed by atoms with E-state index in [9.17, 15) is 22.8 Å². The highest BCUT2D eigenvalue weighted by atomic mass is 32.3. The quantitative estimate of drug-likeness (QED) is 0.290. The number of aryl methyl sites for hydroxylation is 1. The molecule has 0 bridgehead atoms. The van der Waals surface area contributed by atoms with Crippen molar-refractivity contribution in [2.24, 2.45) is 7.05 Å². The maximum atomic E-state index is 13.6. The fourth-order valence-corrected chi connectivity index (χ4v) is 7.48. The molecule has 0 N–H and O–H groups in total. The van der Waals surface area contributed by atoms with Crippen LogP contribution in [0.3, 0.4) is 0 Å². The summed E-state index contributed by atoms with van der Waals surface area (Å²) in [6.45, 7) is 0.642. The number of fused-ring (bicyclic) bond motifs is 1. The Morgan fingerprint density at radius 3 is 2.48 bits per heavy atom. The molecule has 0 spiro atoms. The van der Waals surface area contributed by atoms with Crippen molar-refractivity contribution >= 4 is 39.3 Å². The largest absolute Gasteiger partial charge is 0.461 e. The van der Waals surface area contributed by atoms with Crippen molar-refractivity contribution in [1.82, 2.24) is 25.1 Å². The van der Waals surface area contributed by atoms with Gasteiger partial charge < -0.3 is 9.47 Å². The smallest absolute Gasteiger partial charge is 0.302 e. The van der Waals surface area contributed by atoms with Gasteiger partial charge in [-0.25, -0.2) is 13.1 Å². The van der Waals surface area contributed by atoms with Crippen LogP contribution in [0.25, 0.3) is 0 Å². The fourth-order valence-electron chi connectivity index (χ4n) is 3.66. The molecule has 1 saturated heterocycles. The van der Waals surface area contributed by atoms with Crippen LogP contribution in [0.15, 0.2) is 46.8 Å². The molecule has 1 aromatic carbocycles. The van der Waals surface area contributed by atoms with Crippen molar-refractivity contribution in [3.63, 3.8) is 0 Å². The lowest BCUT2D eigenvalue weighted by molar-refractivity contribution is -0.158. The topological polar surface area (TPSA) is 151 Å². The van der Waals surface area contributed by atoms with Gasteiger partial charge in [0.25, 0.3) is 5.91 Å². The molecule has 2 aliphatic heterocycles. The predicted octanol–water partition coefficient (Wildman–Crippen LogP) is -0.0599. The molecule has 0 aliphatic carbocycles. The number of carbonyl (C=O) groups excluding carboxylic acids is 3. The van der Waals surface area contributed by atoms with Crippen LogP contribution in [-0.2, 0) is 35.9 Å². The number of tetrazole rings is 1. The van der Waals surface area contributed by atoms with E-state index in [1.807, 2.05) is 0 Å². The van der Waals surface area contributed by atoms with Crippen LogP contribution in [0.5, 0.6) is 0 Å². The molecular weight excluding hydrogens is 474 g/mol. The third-order valence-electron chi connectivity index (χ3n) is 5.19. The van der Waals surface area contributed by atoms with Gasteiger partial charge in [0.05, 0.1) is 5.70 Å². The summed E-state index contributed by atoms with van der Waals surface area (Å²) in [6.07, 6.45) is -1.27. The summed E-state index contributed by atoms with van der Waals surface area (Å²) < 4.78 is 37.4. The molecule has 33 heavy (non-hydrogen) atoms. The number of nitrogens with zero attached hydrogens (tertiary/aromatic N) is 5. The first kappa shape index (κ1) is 23.1. The molecule has 1 fully saturated rings. The third-order valence-corrected chi connectivity index (χ3v) is 9.35. The molecule has 12 nitrogen and oxygen atoms in total. The molecule has 1 aromatic heterocycles. The number of amides is 1. The molecule has 174 valence electrons. The van der Waals surface area contributed by atoms with E-state index in [1.165, 1.54) is 18.8 Å². The number of rotatable bonds is 7. The highest BCUT2D eigenvalue weighted by Crippen LogP contribution is 2.46. The van der Waals surface area contributed by atoms with Crippen LogP contribution >= 0.6 is 11.8 Å². The van der Waals surface area contributed by atoms with Crippen molar-refractivity contribution in [3.8, 4) is 0 Å². The molecule has 3 atom stereocenters. The highest BCUT2D eigenvalue weighted by molar-refractivity contribution is 8.14. The SMILES string of the molecule is CO[C@H]1C(=O)N2C(C(=O)c3ccccc3)=C(COC(C)=O)C(Sc3nnnn3C)S(=O)(=O)[C@@H]12. The number of esters is 1. The molecule has 14 heteroatoms. The summed E-state index contributed by atoms with van der Waals surface area (Å²) >= 11 is 0.778. The number of Topliss-reactive ketones (excluding diaryl/α,β-unsaturated/α-hetero) is 1. The number of sulfone groups is 1. The van der Waals surface area contributed by atoms with Crippen molar-refractivity contribution < 1.29 is 32.3 Å². The first-order valence-electron chi connectivity index (χ1n) is 9.62. The van der Waals surface area contributed by atoms with E-state index >= 15 is 0 Å². The number of thioether (sulfide) groups is 1. The van der Waals surface area contributed by atoms with Gasteiger partial charge in [0.2, 0.25) is 10.9 Å².